The first-order valence-corrected chi connectivity index (χ1v) is 7.47. The summed E-state index contributed by atoms with van der Waals surface area (Å²) in [5.41, 5.74) is 3.28. The number of nitrogens with zero attached hydrogens (tertiary/aromatic N) is 1. The fourth-order valence-electron chi connectivity index (χ4n) is 1.80. The molecule has 4 nitrogen and oxygen atoms in total. The molecule has 0 amide bonds. The van der Waals surface area contributed by atoms with Gasteiger partial charge in [-0.1, -0.05) is 52.5 Å². The normalized spacial score (nSPS) is 12.1. The molecule has 1 aromatic carbocycles. The SMILES string of the molecule is CC(Nc1nc(NN)c(Cl)cc1Cl)c1ccc(Cl)cc1Cl. The number of pyridine rings is 1. The first kappa shape index (κ1) is 16.5. The molecule has 0 fully saturated rings. The molecule has 0 aliphatic rings. The molecule has 0 bridgehead atoms. The van der Waals surface area contributed by atoms with Crippen LogP contribution in [0.3, 0.4) is 0 Å². The van der Waals surface area contributed by atoms with Gasteiger partial charge in [-0.15, -0.1) is 0 Å². The summed E-state index contributed by atoms with van der Waals surface area (Å²) in [5.74, 6) is 6.13. The Morgan fingerprint density at radius 1 is 1.00 bits per heavy atom. The van der Waals surface area contributed by atoms with Crippen LogP contribution in [0.4, 0.5) is 11.6 Å². The van der Waals surface area contributed by atoms with E-state index in [0.29, 0.717) is 31.7 Å². The molecule has 0 aliphatic carbocycles. The van der Waals surface area contributed by atoms with E-state index in [2.05, 4.69) is 15.7 Å². The number of hydrogen-bond acceptors (Lipinski definition) is 4. The van der Waals surface area contributed by atoms with Crippen LogP contribution in [0.25, 0.3) is 0 Å². The van der Waals surface area contributed by atoms with Crippen molar-refractivity contribution in [2.45, 2.75) is 13.0 Å². The quantitative estimate of drug-likeness (QED) is 0.517. The van der Waals surface area contributed by atoms with Crippen LogP contribution in [0, 0.1) is 0 Å². The minimum atomic E-state index is -0.133. The molecule has 2 rings (SSSR count). The summed E-state index contributed by atoms with van der Waals surface area (Å²) in [5, 5.41) is 5.02. The van der Waals surface area contributed by atoms with Gasteiger partial charge in [-0.3, -0.25) is 0 Å². The van der Waals surface area contributed by atoms with Crippen LogP contribution >= 0.6 is 46.4 Å². The summed E-state index contributed by atoms with van der Waals surface area (Å²) >= 11 is 24.1. The number of aromatic nitrogens is 1. The molecule has 21 heavy (non-hydrogen) atoms. The van der Waals surface area contributed by atoms with E-state index in [4.69, 9.17) is 52.2 Å². The van der Waals surface area contributed by atoms with Crippen molar-refractivity contribution in [2.24, 2.45) is 5.84 Å². The standard InChI is InChI=1S/C13H12Cl4N4/c1-6(8-3-2-7(14)4-9(8)15)19-12-10(16)5-11(17)13(20-12)21-18/h2-6H,18H2,1H3,(H2,19,20,21). The van der Waals surface area contributed by atoms with E-state index in [1.165, 1.54) is 0 Å². The van der Waals surface area contributed by atoms with Crippen LogP contribution in [0.15, 0.2) is 24.3 Å². The Labute approximate surface area is 142 Å². The van der Waals surface area contributed by atoms with Gasteiger partial charge >= 0.3 is 0 Å². The number of nitrogens with one attached hydrogen (secondary N) is 2. The average molecular weight is 366 g/mol. The van der Waals surface area contributed by atoms with E-state index in [-0.39, 0.29) is 6.04 Å². The number of hydrazine groups is 1. The maximum atomic E-state index is 6.18. The molecule has 1 heterocycles. The second-order valence-corrected chi connectivity index (χ2v) is 5.98. The lowest BCUT2D eigenvalue weighted by Gasteiger charge is -2.18. The van der Waals surface area contributed by atoms with Crippen LogP contribution in [-0.4, -0.2) is 4.98 Å². The minimum Gasteiger partial charge on any atom is -0.362 e. The van der Waals surface area contributed by atoms with Crippen LogP contribution < -0.4 is 16.6 Å². The lowest BCUT2D eigenvalue weighted by Crippen LogP contribution is -2.13. The molecule has 2 aromatic rings. The van der Waals surface area contributed by atoms with Gasteiger partial charge in [-0.25, -0.2) is 10.8 Å². The lowest BCUT2D eigenvalue weighted by atomic mass is 10.1. The predicted molar refractivity (Wildman–Crippen MR) is 90.6 cm³/mol. The Balaban J connectivity index is 2.29. The maximum Gasteiger partial charge on any atom is 0.161 e. The fraction of sp³-hybridized carbons (Fsp3) is 0.154. The van der Waals surface area contributed by atoms with E-state index < -0.39 is 0 Å². The lowest BCUT2D eigenvalue weighted by molar-refractivity contribution is 0.875. The number of benzene rings is 1. The average Bonchev–Trinajstić information content (AvgIpc) is 2.41. The highest BCUT2D eigenvalue weighted by Gasteiger charge is 2.14. The van der Waals surface area contributed by atoms with Crippen LogP contribution in [0.2, 0.25) is 20.1 Å². The first-order valence-electron chi connectivity index (χ1n) is 5.96. The number of nitrogen functional groups attached to an aromatic ring is 1. The Hall–Kier alpha value is -0.910. The molecule has 0 spiro atoms. The number of rotatable bonds is 4. The molecule has 8 heteroatoms. The topological polar surface area (TPSA) is 63.0 Å². The van der Waals surface area contributed by atoms with Crippen molar-refractivity contribution in [1.82, 2.24) is 4.98 Å². The Bertz CT molecular complexity index is 663. The fourth-order valence-corrected chi connectivity index (χ4v) is 2.84. The highest BCUT2D eigenvalue weighted by molar-refractivity contribution is 6.37. The van der Waals surface area contributed by atoms with Gasteiger partial charge in [0.05, 0.1) is 16.1 Å². The molecule has 0 aliphatic heterocycles. The summed E-state index contributed by atoms with van der Waals surface area (Å²) in [6, 6.07) is 6.72. The number of anilines is 2. The van der Waals surface area contributed by atoms with Gasteiger partial charge < -0.3 is 10.7 Å². The number of halogens is 4. The molecule has 0 radical (unpaired) electrons. The number of nitrogens with two attached hydrogens (primary N) is 1. The molecule has 0 saturated carbocycles. The zero-order chi connectivity index (χ0) is 15.6. The Morgan fingerprint density at radius 3 is 2.29 bits per heavy atom. The van der Waals surface area contributed by atoms with E-state index in [1.807, 2.05) is 13.0 Å². The van der Waals surface area contributed by atoms with Crippen LogP contribution in [0.1, 0.15) is 18.5 Å². The molecular formula is C13H12Cl4N4. The van der Waals surface area contributed by atoms with E-state index >= 15 is 0 Å². The van der Waals surface area contributed by atoms with Gasteiger partial charge in [0.15, 0.2) is 5.82 Å². The van der Waals surface area contributed by atoms with Crippen molar-refractivity contribution in [3.63, 3.8) is 0 Å². The monoisotopic (exact) mass is 364 g/mol. The molecule has 0 saturated heterocycles. The third-order valence-electron chi connectivity index (χ3n) is 2.85. The van der Waals surface area contributed by atoms with E-state index in [1.54, 1.807) is 18.2 Å². The Morgan fingerprint density at radius 2 is 1.67 bits per heavy atom. The van der Waals surface area contributed by atoms with Crippen molar-refractivity contribution in [2.75, 3.05) is 10.7 Å². The number of hydrogen-bond donors (Lipinski definition) is 3. The summed E-state index contributed by atoms with van der Waals surface area (Å²) in [7, 11) is 0. The highest BCUT2D eigenvalue weighted by Crippen LogP contribution is 2.33. The maximum absolute atomic E-state index is 6.18. The van der Waals surface area contributed by atoms with Crippen molar-refractivity contribution < 1.29 is 0 Å². The van der Waals surface area contributed by atoms with Crippen molar-refractivity contribution in [3.8, 4) is 0 Å². The third kappa shape index (κ3) is 3.84. The Kier molecular flexibility index (Phi) is 5.41. The van der Waals surface area contributed by atoms with Crippen molar-refractivity contribution >= 4 is 58.0 Å². The zero-order valence-electron chi connectivity index (χ0n) is 10.9. The summed E-state index contributed by atoms with van der Waals surface area (Å²) in [6.07, 6.45) is 0. The second-order valence-electron chi connectivity index (χ2n) is 4.33. The predicted octanol–water partition coefficient (Wildman–Crippen LogP) is 5.15. The molecular weight excluding hydrogens is 354 g/mol. The molecule has 112 valence electrons. The highest BCUT2D eigenvalue weighted by atomic mass is 35.5. The molecule has 1 aromatic heterocycles. The van der Waals surface area contributed by atoms with E-state index in [9.17, 15) is 0 Å². The third-order valence-corrected chi connectivity index (χ3v) is 3.99. The molecule has 4 N–H and O–H groups in total. The van der Waals surface area contributed by atoms with Crippen LogP contribution in [-0.2, 0) is 0 Å². The van der Waals surface area contributed by atoms with Gasteiger partial charge in [0.25, 0.3) is 0 Å². The largest absolute Gasteiger partial charge is 0.362 e. The van der Waals surface area contributed by atoms with Gasteiger partial charge in [0.1, 0.15) is 5.82 Å². The van der Waals surface area contributed by atoms with Gasteiger partial charge in [0, 0.05) is 10.0 Å². The van der Waals surface area contributed by atoms with Crippen molar-refractivity contribution in [1.29, 1.82) is 0 Å². The van der Waals surface area contributed by atoms with Gasteiger partial charge in [0.2, 0.25) is 0 Å². The minimum absolute atomic E-state index is 0.133. The van der Waals surface area contributed by atoms with Crippen molar-refractivity contribution in [3.05, 3.63) is 49.9 Å². The second kappa shape index (κ2) is 6.90. The van der Waals surface area contributed by atoms with E-state index in [0.717, 1.165) is 5.56 Å². The smallest absolute Gasteiger partial charge is 0.161 e. The van der Waals surface area contributed by atoms with Gasteiger partial charge in [-0.2, -0.15) is 0 Å². The first-order chi connectivity index (χ1) is 9.92. The summed E-state index contributed by atoms with van der Waals surface area (Å²) in [6.45, 7) is 1.93. The van der Waals surface area contributed by atoms with Gasteiger partial charge in [-0.05, 0) is 30.7 Å². The summed E-state index contributed by atoms with van der Waals surface area (Å²) in [4.78, 5) is 4.22. The molecule has 1 atom stereocenters. The summed E-state index contributed by atoms with van der Waals surface area (Å²) < 4.78 is 0. The van der Waals surface area contributed by atoms with Crippen LogP contribution in [0.5, 0.6) is 0 Å². The zero-order valence-corrected chi connectivity index (χ0v) is 13.9. The molecule has 1 unspecified atom stereocenters.